The van der Waals surface area contributed by atoms with Gasteiger partial charge >= 0.3 is 0 Å². The van der Waals surface area contributed by atoms with Gasteiger partial charge in [0.25, 0.3) is 0 Å². The van der Waals surface area contributed by atoms with Gasteiger partial charge in [-0.2, -0.15) is 0 Å². The zero-order valence-electron chi connectivity index (χ0n) is 13.1. The Bertz CT molecular complexity index is 568. The number of hydrogen-bond acceptors (Lipinski definition) is 3. The molecule has 2 saturated heterocycles. The van der Waals surface area contributed by atoms with Crippen molar-refractivity contribution in [2.24, 2.45) is 4.99 Å². The van der Waals surface area contributed by atoms with Gasteiger partial charge in [0.1, 0.15) is 5.82 Å². The summed E-state index contributed by atoms with van der Waals surface area (Å²) in [6.45, 7) is 2.26. The molecule has 0 bridgehead atoms. The van der Waals surface area contributed by atoms with Crippen molar-refractivity contribution in [2.45, 2.75) is 69.6 Å². The van der Waals surface area contributed by atoms with Crippen LogP contribution in [0.4, 0.5) is 4.39 Å². The number of benzene rings is 1. The molecule has 0 amide bonds. The Balaban J connectivity index is 1.45. The van der Waals surface area contributed by atoms with E-state index in [0.717, 1.165) is 18.8 Å². The van der Waals surface area contributed by atoms with Crippen LogP contribution in [0.1, 0.15) is 44.6 Å². The van der Waals surface area contributed by atoms with E-state index in [0.29, 0.717) is 24.2 Å². The summed E-state index contributed by atoms with van der Waals surface area (Å²) in [4.78, 5) is 7.54. The third-order valence-electron chi connectivity index (χ3n) is 5.39. The number of aryl methyl sites for hydroxylation is 1. The molecule has 1 N–H and O–H groups in total. The third-order valence-corrected chi connectivity index (χ3v) is 5.39. The van der Waals surface area contributed by atoms with Gasteiger partial charge in [-0.05, 0) is 63.1 Å². The van der Waals surface area contributed by atoms with Crippen LogP contribution in [0.3, 0.4) is 0 Å². The van der Waals surface area contributed by atoms with E-state index in [1.54, 1.807) is 12.1 Å². The number of guanidine groups is 1. The van der Waals surface area contributed by atoms with E-state index in [4.69, 9.17) is 4.99 Å². The van der Waals surface area contributed by atoms with Crippen molar-refractivity contribution in [1.29, 1.82) is 0 Å². The second-order valence-electron chi connectivity index (χ2n) is 7.08. The van der Waals surface area contributed by atoms with Crippen LogP contribution in [0.25, 0.3) is 0 Å². The highest BCUT2D eigenvalue weighted by molar-refractivity contribution is 5.83. The molecule has 0 spiro atoms. The van der Waals surface area contributed by atoms with Gasteiger partial charge in [0.05, 0.1) is 6.04 Å². The largest absolute Gasteiger partial charge is 0.354 e. The van der Waals surface area contributed by atoms with E-state index in [2.05, 4.69) is 17.1 Å². The predicted octanol–water partition coefficient (Wildman–Crippen LogP) is 3.10. The van der Waals surface area contributed by atoms with Crippen molar-refractivity contribution in [2.75, 3.05) is 0 Å². The van der Waals surface area contributed by atoms with Crippen molar-refractivity contribution >= 4 is 5.96 Å². The first kappa shape index (κ1) is 14.0. The van der Waals surface area contributed by atoms with E-state index in [1.807, 2.05) is 12.1 Å². The monoisotopic (exact) mass is 301 g/mol. The second kappa shape index (κ2) is 5.56. The summed E-state index contributed by atoms with van der Waals surface area (Å²) in [6.07, 6.45) is 7.09. The van der Waals surface area contributed by atoms with Gasteiger partial charge in [0, 0.05) is 18.1 Å². The maximum Gasteiger partial charge on any atom is 0.194 e. The number of rotatable bonds is 3. The molecule has 3 nitrogen and oxygen atoms in total. The molecule has 22 heavy (non-hydrogen) atoms. The Morgan fingerprint density at radius 3 is 2.68 bits per heavy atom. The van der Waals surface area contributed by atoms with Crippen LogP contribution < -0.4 is 5.32 Å². The fourth-order valence-corrected chi connectivity index (χ4v) is 4.34. The fourth-order valence-electron chi connectivity index (χ4n) is 4.34. The van der Waals surface area contributed by atoms with E-state index in [1.165, 1.54) is 31.2 Å². The van der Waals surface area contributed by atoms with Crippen molar-refractivity contribution in [3.05, 3.63) is 35.6 Å². The lowest BCUT2D eigenvalue weighted by Gasteiger charge is -2.44. The molecule has 3 heterocycles. The average molecular weight is 301 g/mol. The highest BCUT2D eigenvalue weighted by atomic mass is 19.1. The molecule has 0 unspecified atom stereocenters. The first-order chi connectivity index (χ1) is 10.7. The maximum absolute atomic E-state index is 13.0. The van der Waals surface area contributed by atoms with Gasteiger partial charge in [-0.3, -0.25) is 0 Å². The molecule has 0 radical (unpaired) electrons. The Kier molecular flexibility index (Phi) is 3.55. The molecular weight excluding hydrogens is 277 g/mol. The van der Waals surface area contributed by atoms with Gasteiger partial charge in [0.2, 0.25) is 0 Å². The molecule has 4 heteroatoms. The number of halogens is 1. The highest BCUT2D eigenvalue weighted by Gasteiger charge is 2.43. The molecule has 2 fully saturated rings. The van der Waals surface area contributed by atoms with E-state index in [-0.39, 0.29) is 5.82 Å². The van der Waals surface area contributed by atoms with Crippen LogP contribution in [0.2, 0.25) is 0 Å². The zero-order chi connectivity index (χ0) is 15.1. The number of aliphatic imine (C=N–C) groups is 1. The Labute approximate surface area is 131 Å². The summed E-state index contributed by atoms with van der Waals surface area (Å²) < 4.78 is 13.0. The lowest BCUT2D eigenvalue weighted by atomic mass is 9.97. The lowest BCUT2D eigenvalue weighted by molar-refractivity contribution is 0.210. The Hall–Kier alpha value is -1.58. The van der Waals surface area contributed by atoms with Crippen LogP contribution >= 0.6 is 0 Å². The Morgan fingerprint density at radius 1 is 1.18 bits per heavy atom. The van der Waals surface area contributed by atoms with Gasteiger partial charge in [-0.1, -0.05) is 12.1 Å². The highest BCUT2D eigenvalue weighted by Crippen LogP contribution is 2.36. The number of nitrogens with one attached hydrogen (secondary N) is 1. The van der Waals surface area contributed by atoms with Gasteiger partial charge in [-0.15, -0.1) is 0 Å². The lowest BCUT2D eigenvalue weighted by Crippen LogP contribution is -2.59. The molecule has 0 saturated carbocycles. The summed E-state index contributed by atoms with van der Waals surface area (Å²) in [5.41, 5.74) is 1.21. The van der Waals surface area contributed by atoms with Crippen molar-refractivity contribution < 1.29 is 4.39 Å². The minimum absolute atomic E-state index is 0.158. The molecule has 1 aromatic carbocycles. The molecule has 4 rings (SSSR count). The van der Waals surface area contributed by atoms with Crippen LogP contribution in [-0.4, -0.2) is 35.0 Å². The number of hydrogen-bond donors (Lipinski definition) is 1. The SMILES string of the molecule is C[C@H]1C[C@H]2CC[C@H]3C[C@@H](CCc4ccc(F)cc4)N=C(N1)N23. The summed E-state index contributed by atoms with van der Waals surface area (Å²) in [6, 6.07) is 9.21. The minimum atomic E-state index is -0.158. The number of nitrogens with zero attached hydrogens (tertiary/aromatic N) is 2. The van der Waals surface area contributed by atoms with E-state index < -0.39 is 0 Å². The molecule has 0 aliphatic carbocycles. The van der Waals surface area contributed by atoms with Gasteiger partial charge in [-0.25, -0.2) is 9.38 Å². The molecule has 3 aliphatic rings. The van der Waals surface area contributed by atoms with Crippen LogP contribution in [-0.2, 0) is 6.42 Å². The predicted molar refractivity (Wildman–Crippen MR) is 86.4 cm³/mol. The van der Waals surface area contributed by atoms with Gasteiger partial charge in [0.15, 0.2) is 5.96 Å². The second-order valence-corrected chi connectivity index (χ2v) is 7.08. The first-order valence-corrected chi connectivity index (χ1v) is 8.56. The maximum atomic E-state index is 13.0. The normalized spacial score (nSPS) is 33.2. The molecule has 3 aliphatic heterocycles. The molecule has 0 aromatic heterocycles. The van der Waals surface area contributed by atoms with Crippen molar-refractivity contribution in [3.63, 3.8) is 0 Å². The summed E-state index contributed by atoms with van der Waals surface area (Å²) in [5.74, 6) is 0.983. The molecule has 118 valence electrons. The van der Waals surface area contributed by atoms with Crippen LogP contribution in [0.5, 0.6) is 0 Å². The molecule has 1 aromatic rings. The quantitative estimate of drug-likeness (QED) is 0.929. The van der Waals surface area contributed by atoms with Crippen LogP contribution in [0, 0.1) is 5.82 Å². The summed E-state index contributed by atoms with van der Waals surface area (Å²) >= 11 is 0. The zero-order valence-corrected chi connectivity index (χ0v) is 13.1. The van der Waals surface area contributed by atoms with Crippen molar-refractivity contribution in [1.82, 2.24) is 10.2 Å². The van der Waals surface area contributed by atoms with E-state index in [9.17, 15) is 4.39 Å². The topological polar surface area (TPSA) is 27.6 Å². The third kappa shape index (κ3) is 2.59. The Morgan fingerprint density at radius 2 is 1.91 bits per heavy atom. The average Bonchev–Trinajstić information content (AvgIpc) is 2.90. The smallest absolute Gasteiger partial charge is 0.194 e. The minimum Gasteiger partial charge on any atom is -0.354 e. The van der Waals surface area contributed by atoms with E-state index >= 15 is 0 Å². The summed E-state index contributed by atoms with van der Waals surface area (Å²) in [5, 5.41) is 3.58. The standard InChI is InChI=1S/C18H24FN3/c1-12-10-16-8-9-17-11-15(21-18(20-12)22(16)17)7-4-13-2-5-14(19)6-3-13/h2-3,5-6,12,15-17H,4,7-11H2,1H3,(H,20,21)/t12-,15+,16+,17-/m0/s1. The molecule has 4 atom stereocenters. The van der Waals surface area contributed by atoms with Crippen molar-refractivity contribution in [3.8, 4) is 0 Å². The molecular formula is C18H24FN3. The van der Waals surface area contributed by atoms with Crippen LogP contribution in [0.15, 0.2) is 29.3 Å². The fraction of sp³-hybridized carbons (Fsp3) is 0.611. The first-order valence-electron chi connectivity index (χ1n) is 8.56. The summed E-state index contributed by atoms with van der Waals surface area (Å²) in [7, 11) is 0. The van der Waals surface area contributed by atoms with Gasteiger partial charge < -0.3 is 10.2 Å².